The summed E-state index contributed by atoms with van der Waals surface area (Å²) in [6.45, 7) is 10.8. The van der Waals surface area contributed by atoms with Gasteiger partial charge in [0, 0.05) is 24.2 Å². The summed E-state index contributed by atoms with van der Waals surface area (Å²) in [4.78, 5) is 2.34. The van der Waals surface area contributed by atoms with Gasteiger partial charge in [0.15, 0.2) is 0 Å². The lowest BCUT2D eigenvalue weighted by Crippen LogP contribution is -2.22. The minimum absolute atomic E-state index is 0.0739. The molecule has 2 nitrogen and oxygen atoms in total. The van der Waals surface area contributed by atoms with Crippen LogP contribution < -0.4 is 4.90 Å². The number of anilines is 1. The normalized spacial score (nSPS) is 11.4. The number of nitrogens with zero attached hydrogens (tertiary/aromatic N) is 1. The maximum Gasteiger partial charge on any atom is 0.115 e. The van der Waals surface area contributed by atoms with E-state index in [1.54, 1.807) is 12.1 Å². The molecule has 0 aliphatic carbocycles. The van der Waals surface area contributed by atoms with Crippen molar-refractivity contribution in [2.75, 3.05) is 18.0 Å². The molecular formula is C19H25NO. The van der Waals surface area contributed by atoms with Crippen molar-refractivity contribution in [1.82, 2.24) is 0 Å². The number of rotatable bonds is 5. The number of hydrogen-bond acceptors (Lipinski definition) is 2. The van der Waals surface area contributed by atoms with Crippen LogP contribution in [0.3, 0.4) is 0 Å². The first kappa shape index (κ1) is 15.4. The Hall–Kier alpha value is -1.96. The molecule has 0 fully saturated rings. The van der Waals surface area contributed by atoms with Gasteiger partial charge in [0.25, 0.3) is 0 Å². The lowest BCUT2D eigenvalue weighted by molar-refractivity contribution is 0.474. The van der Waals surface area contributed by atoms with Gasteiger partial charge in [-0.05, 0) is 49.2 Å². The Morgan fingerprint density at radius 2 is 1.24 bits per heavy atom. The number of phenols is 1. The molecule has 21 heavy (non-hydrogen) atoms. The molecule has 2 aromatic carbocycles. The fourth-order valence-electron chi connectivity index (χ4n) is 2.72. The highest BCUT2D eigenvalue weighted by molar-refractivity contribution is 5.50. The maximum atomic E-state index is 9.44. The van der Waals surface area contributed by atoms with Gasteiger partial charge in [-0.1, -0.05) is 38.1 Å². The van der Waals surface area contributed by atoms with Gasteiger partial charge in [-0.15, -0.1) is 0 Å². The van der Waals surface area contributed by atoms with E-state index in [1.165, 1.54) is 16.8 Å². The summed E-state index contributed by atoms with van der Waals surface area (Å²) in [5.41, 5.74) is 3.68. The standard InChI is InChI=1S/C19H25NO/c1-5-20(6-2)17-11-7-15(8-12-17)19(3,4)16-9-13-18(21)14-10-16/h7-14,21H,5-6H2,1-4H3. The van der Waals surface area contributed by atoms with E-state index >= 15 is 0 Å². The summed E-state index contributed by atoms with van der Waals surface area (Å²) < 4.78 is 0. The molecule has 0 bridgehead atoms. The third-order valence-corrected chi connectivity index (χ3v) is 4.31. The van der Waals surface area contributed by atoms with Gasteiger partial charge in [0.1, 0.15) is 5.75 Å². The van der Waals surface area contributed by atoms with E-state index in [2.05, 4.69) is 56.9 Å². The molecule has 0 radical (unpaired) electrons. The van der Waals surface area contributed by atoms with Crippen LogP contribution in [0.4, 0.5) is 5.69 Å². The Balaban J connectivity index is 2.30. The molecule has 1 N–H and O–H groups in total. The zero-order valence-corrected chi connectivity index (χ0v) is 13.4. The lowest BCUT2D eigenvalue weighted by atomic mass is 9.78. The molecule has 0 heterocycles. The SMILES string of the molecule is CCN(CC)c1ccc(C(C)(C)c2ccc(O)cc2)cc1. The molecule has 0 aliphatic heterocycles. The second kappa shape index (κ2) is 6.21. The maximum absolute atomic E-state index is 9.44. The first-order chi connectivity index (χ1) is 9.98. The van der Waals surface area contributed by atoms with Crippen molar-refractivity contribution in [1.29, 1.82) is 0 Å². The Bertz CT molecular complexity index is 566. The van der Waals surface area contributed by atoms with Crippen LogP contribution >= 0.6 is 0 Å². The second-order valence-electron chi connectivity index (χ2n) is 5.89. The Morgan fingerprint density at radius 1 is 0.810 bits per heavy atom. The van der Waals surface area contributed by atoms with Crippen LogP contribution in [0.25, 0.3) is 0 Å². The molecular weight excluding hydrogens is 258 g/mol. The van der Waals surface area contributed by atoms with Crippen molar-refractivity contribution < 1.29 is 5.11 Å². The van der Waals surface area contributed by atoms with Crippen molar-refractivity contribution in [3.05, 3.63) is 59.7 Å². The van der Waals surface area contributed by atoms with Crippen molar-refractivity contribution >= 4 is 5.69 Å². The average molecular weight is 283 g/mol. The average Bonchev–Trinajstić information content (AvgIpc) is 2.49. The molecule has 0 unspecified atom stereocenters. The summed E-state index contributed by atoms with van der Waals surface area (Å²) >= 11 is 0. The molecule has 2 aromatic rings. The molecule has 0 amide bonds. The second-order valence-corrected chi connectivity index (χ2v) is 5.89. The summed E-state index contributed by atoms with van der Waals surface area (Å²) in [7, 11) is 0. The monoisotopic (exact) mass is 283 g/mol. The third kappa shape index (κ3) is 3.21. The number of aromatic hydroxyl groups is 1. The largest absolute Gasteiger partial charge is 0.508 e. The highest BCUT2D eigenvalue weighted by Crippen LogP contribution is 2.33. The highest BCUT2D eigenvalue weighted by Gasteiger charge is 2.23. The van der Waals surface area contributed by atoms with Gasteiger partial charge < -0.3 is 10.0 Å². The molecule has 0 saturated heterocycles. The third-order valence-electron chi connectivity index (χ3n) is 4.31. The van der Waals surface area contributed by atoms with Gasteiger partial charge in [0.2, 0.25) is 0 Å². The number of hydrogen-bond donors (Lipinski definition) is 1. The molecule has 0 atom stereocenters. The molecule has 0 saturated carbocycles. The summed E-state index contributed by atoms with van der Waals surface area (Å²) in [5, 5.41) is 9.44. The van der Waals surface area contributed by atoms with E-state index in [-0.39, 0.29) is 5.41 Å². The van der Waals surface area contributed by atoms with Crippen molar-refractivity contribution in [2.45, 2.75) is 33.1 Å². The summed E-state index contributed by atoms with van der Waals surface area (Å²) in [6.07, 6.45) is 0. The van der Waals surface area contributed by atoms with Crippen LogP contribution in [-0.2, 0) is 5.41 Å². The zero-order valence-electron chi connectivity index (χ0n) is 13.4. The molecule has 0 spiro atoms. The first-order valence-corrected chi connectivity index (χ1v) is 7.64. The van der Waals surface area contributed by atoms with E-state index in [1.807, 2.05) is 12.1 Å². The molecule has 2 heteroatoms. The lowest BCUT2D eigenvalue weighted by Gasteiger charge is -2.27. The van der Waals surface area contributed by atoms with Crippen LogP contribution in [-0.4, -0.2) is 18.2 Å². The van der Waals surface area contributed by atoms with Crippen LogP contribution in [0.1, 0.15) is 38.8 Å². The molecule has 112 valence electrons. The zero-order chi connectivity index (χ0) is 15.5. The smallest absolute Gasteiger partial charge is 0.115 e. The first-order valence-electron chi connectivity index (χ1n) is 7.64. The number of phenolic OH excluding ortho intramolecular Hbond substituents is 1. The van der Waals surface area contributed by atoms with Crippen LogP contribution in [0.5, 0.6) is 5.75 Å². The van der Waals surface area contributed by atoms with E-state index in [4.69, 9.17) is 0 Å². The quantitative estimate of drug-likeness (QED) is 0.869. The van der Waals surface area contributed by atoms with E-state index < -0.39 is 0 Å². The van der Waals surface area contributed by atoms with Crippen molar-refractivity contribution in [3.8, 4) is 5.75 Å². The fourth-order valence-corrected chi connectivity index (χ4v) is 2.72. The van der Waals surface area contributed by atoms with Crippen molar-refractivity contribution in [2.24, 2.45) is 0 Å². The van der Waals surface area contributed by atoms with Crippen LogP contribution in [0.15, 0.2) is 48.5 Å². The summed E-state index contributed by atoms with van der Waals surface area (Å²) in [6, 6.07) is 16.3. The van der Waals surface area contributed by atoms with Crippen LogP contribution in [0, 0.1) is 0 Å². The Morgan fingerprint density at radius 3 is 1.67 bits per heavy atom. The fraction of sp³-hybridized carbons (Fsp3) is 0.368. The minimum Gasteiger partial charge on any atom is -0.508 e. The summed E-state index contributed by atoms with van der Waals surface area (Å²) in [5.74, 6) is 0.312. The highest BCUT2D eigenvalue weighted by atomic mass is 16.3. The predicted molar refractivity (Wildman–Crippen MR) is 90.2 cm³/mol. The minimum atomic E-state index is -0.0739. The molecule has 0 aromatic heterocycles. The van der Waals surface area contributed by atoms with Crippen LogP contribution in [0.2, 0.25) is 0 Å². The van der Waals surface area contributed by atoms with E-state index in [0.717, 1.165) is 13.1 Å². The Kier molecular flexibility index (Phi) is 4.56. The van der Waals surface area contributed by atoms with Gasteiger partial charge in [0.05, 0.1) is 0 Å². The molecule has 2 rings (SSSR count). The van der Waals surface area contributed by atoms with Gasteiger partial charge in [-0.25, -0.2) is 0 Å². The van der Waals surface area contributed by atoms with E-state index in [9.17, 15) is 5.11 Å². The topological polar surface area (TPSA) is 23.5 Å². The van der Waals surface area contributed by atoms with E-state index in [0.29, 0.717) is 5.75 Å². The van der Waals surface area contributed by atoms with Gasteiger partial charge in [-0.2, -0.15) is 0 Å². The van der Waals surface area contributed by atoms with Gasteiger partial charge >= 0.3 is 0 Å². The predicted octanol–water partition coefficient (Wildman–Crippen LogP) is 4.56. The number of benzene rings is 2. The van der Waals surface area contributed by atoms with Crippen molar-refractivity contribution in [3.63, 3.8) is 0 Å². The molecule has 0 aliphatic rings. The Labute approximate surface area is 128 Å². The van der Waals surface area contributed by atoms with Gasteiger partial charge in [-0.3, -0.25) is 0 Å².